The quantitative estimate of drug-likeness (QED) is 0.831. The van der Waals surface area contributed by atoms with Gasteiger partial charge in [-0.1, -0.05) is 36.2 Å². The van der Waals surface area contributed by atoms with E-state index < -0.39 is 0 Å². The van der Waals surface area contributed by atoms with Crippen LogP contribution in [0.2, 0.25) is 0 Å². The van der Waals surface area contributed by atoms with Crippen LogP contribution in [0.25, 0.3) is 0 Å². The van der Waals surface area contributed by atoms with Crippen LogP contribution in [-0.4, -0.2) is 43.0 Å². The zero-order valence-electron chi connectivity index (χ0n) is 12.8. The number of amides is 2. The second-order valence-electron chi connectivity index (χ2n) is 5.42. The molecule has 1 atom stereocenters. The summed E-state index contributed by atoms with van der Waals surface area (Å²) in [5.74, 6) is -0.531. The van der Waals surface area contributed by atoms with Crippen molar-refractivity contribution in [2.24, 2.45) is 0 Å². The van der Waals surface area contributed by atoms with Gasteiger partial charge < -0.3 is 10.1 Å². The highest BCUT2D eigenvalue weighted by Gasteiger charge is 2.29. The first-order chi connectivity index (χ1) is 10.0. The van der Waals surface area contributed by atoms with E-state index in [1.807, 2.05) is 20.8 Å². The van der Waals surface area contributed by atoms with Gasteiger partial charge in [0.25, 0.3) is 11.8 Å². The van der Waals surface area contributed by atoms with Crippen molar-refractivity contribution in [3.05, 3.63) is 34.9 Å². The van der Waals surface area contributed by atoms with Crippen LogP contribution in [0.4, 0.5) is 0 Å². The standard InChI is InChI=1S/C16H22N2O3/c1-4-17-14(13-6-11(2)5-12(3)7-13)8-18-15(19)9-21-10-16(18)20/h5-7,14,17H,4,8-10H2,1-3H3. The van der Waals surface area contributed by atoms with Crippen LogP contribution in [0.15, 0.2) is 18.2 Å². The molecule has 0 saturated carbocycles. The maximum atomic E-state index is 11.9. The molecule has 21 heavy (non-hydrogen) atoms. The molecule has 1 aromatic rings. The molecule has 1 fully saturated rings. The topological polar surface area (TPSA) is 58.6 Å². The first-order valence-electron chi connectivity index (χ1n) is 7.23. The Labute approximate surface area is 125 Å². The van der Waals surface area contributed by atoms with Gasteiger partial charge in [-0.2, -0.15) is 0 Å². The summed E-state index contributed by atoms with van der Waals surface area (Å²) in [5, 5.41) is 3.35. The van der Waals surface area contributed by atoms with Crippen molar-refractivity contribution in [1.29, 1.82) is 0 Å². The molecule has 2 rings (SSSR count). The largest absolute Gasteiger partial charge is 0.362 e. The summed E-state index contributed by atoms with van der Waals surface area (Å²) < 4.78 is 4.95. The summed E-state index contributed by atoms with van der Waals surface area (Å²) in [5.41, 5.74) is 3.45. The molecule has 1 heterocycles. The number of rotatable bonds is 5. The monoisotopic (exact) mass is 290 g/mol. The van der Waals surface area contributed by atoms with Crippen molar-refractivity contribution in [2.75, 3.05) is 26.3 Å². The molecule has 1 aromatic carbocycles. The Morgan fingerprint density at radius 3 is 2.24 bits per heavy atom. The van der Waals surface area contributed by atoms with Gasteiger partial charge in [-0.25, -0.2) is 0 Å². The minimum absolute atomic E-state index is 0.0164. The van der Waals surface area contributed by atoms with Gasteiger partial charge in [0.1, 0.15) is 13.2 Å². The Kier molecular flexibility index (Phi) is 5.09. The summed E-state index contributed by atoms with van der Waals surface area (Å²) in [7, 11) is 0. The molecule has 1 aliphatic heterocycles. The van der Waals surface area contributed by atoms with Crippen molar-refractivity contribution < 1.29 is 14.3 Å². The van der Waals surface area contributed by atoms with Gasteiger partial charge in [-0.3, -0.25) is 14.5 Å². The summed E-state index contributed by atoms with van der Waals surface area (Å²) in [4.78, 5) is 25.0. The van der Waals surface area contributed by atoms with Crippen LogP contribution in [0.3, 0.4) is 0 Å². The van der Waals surface area contributed by atoms with Gasteiger partial charge in [-0.15, -0.1) is 0 Å². The number of morpholine rings is 1. The number of aryl methyl sites for hydroxylation is 2. The third-order valence-electron chi connectivity index (χ3n) is 3.52. The number of ether oxygens (including phenoxy) is 1. The predicted molar refractivity (Wildman–Crippen MR) is 79.9 cm³/mol. The van der Waals surface area contributed by atoms with E-state index in [4.69, 9.17) is 4.74 Å². The lowest BCUT2D eigenvalue weighted by Crippen LogP contribution is -2.49. The Balaban J connectivity index is 2.22. The summed E-state index contributed by atoms with van der Waals surface area (Å²) in [6.45, 7) is 7.19. The molecule has 0 aliphatic carbocycles. The van der Waals surface area contributed by atoms with Crippen LogP contribution in [0.5, 0.6) is 0 Å². The molecule has 0 radical (unpaired) electrons. The second-order valence-corrected chi connectivity index (χ2v) is 5.42. The van der Waals surface area contributed by atoms with Crippen LogP contribution in [0, 0.1) is 13.8 Å². The molecule has 1 unspecified atom stereocenters. The molecular formula is C16H22N2O3. The number of imide groups is 1. The van der Waals surface area contributed by atoms with Crippen molar-refractivity contribution in [1.82, 2.24) is 10.2 Å². The predicted octanol–water partition coefficient (Wildman–Crippen LogP) is 1.34. The molecule has 1 aliphatic rings. The molecule has 114 valence electrons. The SMILES string of the molecule is CCNC(CN1C(=O)COCC1=O)c1cc(C)cc(C)c1. The van der Waals surface area contributed by atoms with E-state index in [2.05, 4.69) is 23.5 Å². The number of carbonyl (C=O) groups excluding carboxylic acids is 2. The average molecular weight is 290 g/mol. The van der Waals surface area contributed by atoms with E-state index in [9.17, 15) is 9.59 Å². The highest BCUT2D eigenvalue weighted by Crippen LogP contribution is 2.19. The fourth-order valence-electron chi connectivity index (χ4n) is 2.65. The Hall–Kier alpha value is -1.72. The lowest BCUT2D eigenvalue weighted by molar-refractivity contribution is -0.158. The number of likely N-dealkylation sites (N-methyl/N-ethyl adjacent to an activating group) is 1. The molecule has 1 saturated heterocycles. The highest BCUT2D eigenvalue weighted by atomic mass is 16.5. The van der Waals surface area contributed by atoms with Crippen LogP contribution < -0.4 is 5.32 Å². The summed E-state index contributed by atoms with van der Waals surface area (Å²) >= 11 is 0. The van der Waals surface area contributed by atoms with Crippen molar-refractivity contribution >= 4 is 11.8 Å². The van der Waals surface area contributed by atoms with Gasteiger partial charge >= 0.3 is 0 Å². The molecule has 2 amide bonds. The maximum absolute atomic E-state index is 11.9. The van der Waals surface area contributed by atoms with Gasteiger partial charge in [0.15, 0.2) is 0 Å². The van der Waals surface area contributed by atoms with E-state index in [0.717, 1.165) is 12.1 Å². The Morgan fingerprint density at radius 1 is 1.14 bits per heavy atom. The smallest absolute Gasteiger partial charge is 0.255 e. The molecule has 0 spiro atoms. The molecule has 0 bridgehead atoms. The van der Waals surface area contributed by atoms with Crippen LogP contribution in [0.1, 0.15) is 29.7 Å². The lowest BCUT2D eigenvalue weighted by Gasteiger charge is -2.29. The van der Waals surface area contributed by atoms with Gasteiger partial charge in [0.05, 0.1) is 6.04 Å². The average Bonchev–Trinajstić information content (AvgIpc) is 2.40. The fraction of sp³-hybridized carbons (Fsp3) is 0.500. The Bertz CT molecular complexity index is 506. The summed E-state index contributed by atoms with van der Waals surface area (Å²) in [6.07, 6.45) is 0. The van der Waals surface area contributed by atoms with E-state index in [1.54, 1.807) is 0 Å². The zero-order chi connectivity index (χ0) is 15.4. The highest BCUT2D eigenvalue weighted by molar-refractivity contribution is 5.98. The zero-order valence-corrected chi connectivity index (χ0v) is 12.8. The number of nitrogens with one attached hydrogen (secondary N) is 1. The minimum atomic E-state index is -0.265. The number of benzene rings is 1. The third-order valence-corrected chi connectivity index (χ3v) is 3.52. The first-order valence-corrected chi connectivity index (χ1v) is 7.23. The van der Waals surface area contributed by atoms with Crippen molar-refractivity contribution in [2.45, 2.75) is 26.8 Å². The Morgan fingerprint density at radius 2 is 1.71 bits per heavy atom. The lowest BCUT2D eigenvalue weighted by atomic mass is 10.0. The first kappa shape index (κ1) is 15.7. The number of hydrogen-bond acceptors (Lipinski definition) is 4. The molecular weight excluding hydrogens is 268 g/mol. The number of hydrogen-bond donors (Lipinski definition) is 1. The minimum Gasteiger partial charge on any atom is -0.362 e. The van der Waals surface area contributed by atoms with Crippen molar-refractivity contribution in [3.63, 3.8) is 0 Å². The fourth-order valence-corrected chi connectivity index (χ4v) is 2.65. The van der Waals surface area contributed by atoms with Crippen molar-refractivity contribution in [3.8, 4) is 0 Å². The van der Waals surface area contributed by atoms with Crippen LogP contribution >= 0.6 is 0 Å². The van der Waals surface area contributed by atoms with E-state index in [0.29, 0.717) is 6.54 Å². The van der Waals surface area contributed by atoms with Crippen LogP contribution in [-0.2, 0) is 14.3 Å². The number of carbonyl (C=O) groups is 2. The molecule has 5 heteroatoms. The van der Waals surface area contributed by atoms with E-state index in [-0.39, 0.29) is 31.1 Å². The van der Waals surface area contributed by atoms with Gasteiger partial charge in [-0.05, 0) is 26.0 Å². The van der Waals surface area contributed by atoms with Gasteiger partial charge in [0.2, 0.25) is 0 Å². The maximum Gasteiger partial charge on any atom is 0.255 e. The van der Waals surface area contributed by atoms with Gasteiger partial charge in [0, 0.05) is 6.54 Å². The summed E-state index contributed by atoms with van der Waals surface area (Å²) in [6, 6.07) is 6.24. The second kappa shape index (κ2) is 6.83. The normalized spacial score (nSPS) is 17.2. The molecule has 1 N–H and O–H groups in total. The van der Waals surface area contributed by atoms with E-state index in [1.165, 1.54) is 16.0 Å². The number of nitrogens with zero attached hydrogens (tertiary/aromatic N) is 1. The molecule has 5 nitrogen and oxygen atoms in total. The third kappa shape index (κ3) is 3.89. The molecule has 0 aromatic heterocycles. The van der Waals surface area contributed by atoms with E-state index >= 15 is 0 Å².